The molecule has 1 aromatic carbocycles. The lowest BCUT2D eigenvalue weighted by Crippen LogP contribution is -2.15. The summed E-state index contributed by atoms with van der Waals surface area (Å²) in [7, 11) is -4.05. The van der Waals surface area contributed by atoms with Crippen molar-refractivity contribution >= 4 is 27.3 Å². The summed E-state index contributed by atoms with van der Waals surface area (Å²) in [5.41, 5.74) is -0.227. The Morgan fingerprint density at radius 1 is 1.37 bits per heavy atom. The van der Waals surface area contributed by atoms with Crippen LogP contribution < -0.4 is 4.72 Å². The van der Waals surface area contributed by atoms with E-state index in [-0.39, 0.29) is 15.6 Å². The minimum absolute atomic E-state index is 0.146. The summed E-state index contributed by atoms with van der Waals surface area (Å²) in [6, 6.07) is 1.34. The fraction of sp³-hybridized carbons (Fsp3) is 0.100. The summed E-state index contributed by atoms with van der Waals surface area (Å²) >= 11 is 5.61. The van der Waals surface area contributed by atoms with E-state index < -0.39 is 27.3 Å². The fourth-order valence-electron chi connectivity index (χ4n) is 1.44. The van der Waals surface area contributed by atoms with Gasteiger partial charge >= 0.3 is 0 Å². The smallest absolute Gasteiger partial charge is 0.265 e. The van der Waals surface area contributed by atoms with Crippen LogP contribution in [-0.2, 0) is 10.0 Å². The van der Waals surface area contributed by atoms with E-state index in [0.29, 0.717) is 6.07 Å². The molecule has 9 heteroatoms. The number of hydrogen-bond acceptors (Lipinski definition) is 3. The Morgan fingerprint density at radius 3 is 2.58 bits per heavy atom. The first-order valence-electron chi connectivity index (χ1n) is 4.98. The van der Waals surface area contributed by atoms with Gasteiger partial charge in [0.2, 0.25) is 0 Å². The monoisotopic (exact) mass is 307 g/mol. The predicted octanol–water partition coefficient (Wildman–Crippen LogP) is 2.45. The zero-order valence-corrected chi connectivity index (χ0v) is 11.1. The van der Waals surface area contributed by atoms with Gasteiger partial charge in [0.1, 0.15) is 16.4 Å². The van der Waals surface area contributed by atoms with Gasteiger partial charge in [-0.05, 0) is 13.0 Å². The number of sulfonamides is 1. The molecule has 5 nitrogen and oxygen atoms in total. The number of rotatable bonds is 3. The number of nitrogens with one attached hydrogen (secondary N) is 2. The summed E-state index contributed by atoms with van der Waals surface area (Å²) < 4.78 is 52.3. The minimum atomic E-state index is -4.05. The van der Waals surface area contributed by atoms with Crippen molar-refractivity contribution in [1.29, 1.82) is 0 Å². The predicted molar refractivity (Wildman–Crippen MR) is 65.5 cm³/mol. The van der Waals surface area contributed by atoms with Gasteiger partial charge in [-0.2, -0.15) is 5.10 Å². The summed E-state index contributed by atoms with van der Waals surface area (Å²) in [6.07, 6.45) is 1.08. The van der Waals surface area contributed by atoms with Gasteiger partial charge in [-0.3, -0.25) is 9.82 Å². The number of hydrogen-bond donors (Lipinski definition) is 2. The Hall–Kier alpha value is -1.67. The van der Waals surface area contributed by atoms with Gasteiger partial charge in [-0.15, -0.1) is 0 Å². The van der Waals surface area contributed by atoms with Crippen molar-refractivity contribution in [3.63, 3.8) is 0 Å². The first kappa shape index (κ1) is 13.8. The van der Waals surface area contributed by atoms with Gasteiger partial charge in [0, 0.05) is 6.07 Å². The third kappa shape index (κ3) is 2.69. The Kier molecular flexibility index (Phi) is 3.46. The molecule has 2 N–H and O–H groups in total. The van der Waals surface area contributed by atoms with Crippen molar-refractivity contribution in [3.8, 4) is 0 Å². The van der Waals surface area contributed by atoms with Gasteiger partial charge in [0.25, 0.3) is 10.0 Å². The van der Waals surface area contributed by atoms with Crippen LogP contribution in [0.4, 0.5) is 14.5 Å². The number of nitrogens with zero attached hydrogens (tertiary/aromatic N) is 1. The Morgan fingerprint density at radius 2 is 2.05 bits per heavy atom. The molecule has 0 spiro atoms. The molecule has 0 bridgehead atoms. The molecule has 0 aliphatic rings. The number of halogens is 3. The summed E-state index contributed by atoms with van der Waals surface area (Å²) in [5.74, 6) is -2.00. The largest absolute Gasteiger partial charge is 0.281 e. The van der Waals surface area contributed by atoms with Gasteiger partial charge in [-0.1, -0.05) is 11.6 Å². The average Bonchev–Trinajstić information content (AvgIpc) is 2.70. The molecule has 2 aromatic rings. The molecule has 0 fully saturated rings. The molecule has 0 amide bonds. The zero-order chi connectivity index (χ0) is 14.2. The second-order valence-electron chi connectivity index (χ2n) is 3.71. The van der Waals surface area contributed by atoms with Crippen LogP contribution in [0, 0.1) is 18.6 Å². The Bertz CT molecular complexity index is 707. The number of aromatic amines is 1. The third-order valence-corrected chi connectivity index (χ3v) is 4.08. The molecule has 0 atom stereocenters. The van der Waals surface area contributed by atoms with Crippen LogP contribution in [0.1, 0.15) is 5.69 Å². The highest BCUT2D eigenvalue weighted by molar-refractivity contribution is 7.92. The standard InChI is InChI=1S/C10H8ClF2N3O2S/c1-5-9(4-14-15-5)19(17,18)16-10-7(11)2-6(12)3-8(10)13/h2-4,16H,1H3,(H,14,15). The van der Waals surface area contributed by atoms with Crippen molar-refractivity contribution in [1.82, 2.24) is 10.2 Å². The third-order valence-electron chi connectivity index (χ3n) is 2.32. The van der Waals surface area contributed by atoms with Crippen LogP contribution in [0.3, 0.4) is 0 Å². The van der Waals surface area contributed by atoms with Crippen molar-refractivity contribution < 1.29 is 17.2 Å². The molecule has 0 unspecified atom stereocenters. The molecule has 0 saturated carbocycles. The Balaban J connectivity index is 2.45. The number of H-pyrrole nitrogens is 1. The molecule has 0 radical (unpaired) electrons. The quantitative estimate of drug-likeness (QED) is 0.914. The van der Waals surface area contributed by atoms with E-state index in [1.165, 1.54) is 6.92 Å². The maximum absolute atomic E-state index is 13.5. The van der Waals surface area contributed by atoms with Gasteiger partial charge < -0.3 is 0 Å². The second kappa shape index (κ2) is 4.78. The molecule has 1 heterocycles. The van der Waals surface area contributed by atoms with Gasteiger partial charge in [-0.25, -0.2) is 17.2 Å². The van der Waals surface area contributed by atoms with Crippen molar-refractivity contribution in [2.24, 2.45) is 0 Å². The molecule has 0 saturated heterocycles. The lowest BCUT2D eigenvalue weighted by atomic mass is 10.3. The van der Waals surface area contributed by atoms with Crippen LogP contribution in [0.2, 0.25) is 5.02 Å². The molecule has 0 aliphatic carbocycles. The molecule has 102 valence electrons. The fourth-order valence-corrected chi connectivity index (χ4v) is 2.96. The molecular weight excluding hydrogens is 300 g/mol. The number of anilines is 1. The first-order chi connectivity index (χ1) is 8.81. The van der Waals surface area contributed by atoms with E-state index in [0.717, 1.165) is 12.3 Å². The average molecular weight is 308 g/mol. The van der Waals surface area contributed by atoms with Crippen molar-refractivity contribution in [2.75, 3.05) is 4.72 Å². The van der Waals surface area contributed by atoms with E-state index in [1.807, 2.05) is 4.72 Å². The molecule has 2 rings (SSSR count). The molecule has 0 aliphatic heterocycles. The molecule has 19 heavy (non-hydrogen) atoms. The highest BCUT2D eigenvalue weighted by Crippen LogP contribution is 2.28. The maximum atomic E-state index is 13.5. The van der Waals surface area contributed by atoms with Gasteiger partial charge in [0.15, 0.2) is 5.82 Å². The zero-order valence-electron chi connectivity index (χ0n) is 9.54. The lowest BCUT2D eigenvalue weighted by molar-refractivity contribution is 0.583. The second-order valence-corrected chi connectivity index (χ2v) is 5.77. The van der Waals surface area contributed by atoms with Crippen LogP contribution in [0.25, 0.3) is 0 Å². The van der Waals surface area contributed by atoms with E-state index >= 15 is 0 Å². The normalized spacial score (nSPS) is 11.6. The topological polar surface area (TPSA) is 74.8 Å². The van der Waals surface area contributed by atoms with Crippen LogP contribution in [-0.4, -0.2) is 18.6 Å². The van der Waals surface area contributed by atoms with E-state index in [1.54, 1.807) is 0 Å². The molecule has 1 aromatic heterocycles. The number of aromatic nitrogens is 2. The van der Waals surface area contributed by atoms with Crippen LogP contribution in [0.5, 0.6) is 0 Å². The molecular formula is C10H8ClF2N3O2S. The van der Waals surface area contributed by atoms with Crippen molar-refractivity contribution in [3.05, 3.63) is 40.7 Å². The lowest BCUT2D eigenvalue weighted by Gasteiger charge is -2.10. The van der Waals surface area contributed by atoms with Crippen LogP contribution >= 0.6 is 11.6 Å². The minimum Gasteiger partial charge on any atom is -0.281 e. The van der Waals surface area contributed by atoms with Crippen LogP contribution in [0.15, 0.2) is 23.2 Å². The van der Waals surface area contributed by atoms with E-state index in [9.17, 15) is 17.2 Å². The first-order valence-corrected chi connectivity index (χ1v) is 6.84. The van der Waals surface area contributed by atoms with Gasteiger partial charge in [0.05, 0.1) is 16.9 Å². The maximum Gasteiger partial charge on any atom is 0.265 e. The summed E-state index contributed by atoms with van der Waals surface area (Å²) in [4.78, 5) is -0.146. The number of benzene rings is 1. The highest BCUT2D eigenvalue weighted by atomic mass is 35.5. The highest BCUT2D eigenvalue weighted by Gasteiger charge is 2.22. The SMILES string of the molecule is Cc1[nH]ncc1S(=O)(=O)Nc1c(F)cc(F)cc1Cl. The van der Waals surface area contributed by atoms with E-state index in [2.05, 4.69) is 10.2 Å². The summed E-state index contributed by atoms with van der Waals surface area (Å²) in [5, 5.41) is 5.63. The summed E-state index contributed by atoms with van der Waals surface area (Å²) in [6.45, 7) is 1.49. The van der Waals surface area contributed by atoms with Crippen molar-refractivity contribution in [2.45, 2.75) is 11.8 Å². The number of aryl methyl sites for hydroxylation is 1. The Labute approximate surface area is 112 Å². The van der Waals surface area contributed by atoms with E-state index in [4.69, 9.17) is 11.6 Å².